The van der Waals surface area contributed by atoms with Gasteiger partial charge in [0.25, 0.3) is 5.69 Å². The van der Waals surface area contributed by atoms with Gasteiger partial charge >= 0.3 is 0 Å². The number of hydrogen-bond donors (Lipinski definition) is 3. The molecular formula is C18H16N8O4. The number of ether oxygens (including phenoxy) is 2. The Bertz CT molecular complexity index is 1110. The van der Waals surface area contributed by atoms with Crippen LogP contribution in [0.4, 0.5) is 29.2 Å². The number of rotatable bonds is 7. The fourth-order valence-corrected chi connectivity index (χ4v) is 2.61. The molecule has 0 aliphatic carbocycles. The number of hydrogen-bond acceptors (Lipinski definition) is 11. The molecule has 0 spiro atoms. The van der Waals surface area contributed by atoms with Crippen LogP contribution in [0.1, 0.15) is 5.56 Å². The lowest BCUT2D eigenvalue weighted by atomic mass is 10.1. The van der Waals surface area contributed by atoms with Crippen molar-refractivity contribution in [3.05, 3.63) is 58.1 Å². The van der Waals surface area contributed by atoms with Crippen molar-refractivity contribution in [1.29, 1.82) is 0 Å². The molecule has 0 saturated heterocycles. The van der Waals surface area contributed by atoms with Gasteiger partial charge in [-0.1, -0.05) is 18.2 Å². The number of nitro groups is 1. The van der Waals surface area contributed by atoms with Gasteiger partial charge in [-0.25, -0.2) is 5.43 Å². The summed E-state index contributed by atoms with van der Waals surface area (Å²) in [6, 6.07) is 12.2. The number of nitrogens with one attached hydrogen (secondary N) is 3. The van der Waals surface area contributed by atoms with Gasteiger partial charge in [-0.2, -0.15) is 20.1 Å². The molecule has 3 N–H and O–H groups in total. The topological polar surface area (TPSA) is 149 Å². The molecule has 0 amide bonds. The van der Waals surface area contributed by atoms with Crippen molar-refractivity contribution >= 4 is 35.4 Å². The second kappa shape index (κ2) is 8.26. The Kier molecular flexibility index (Phi) is 5.19. The van der Waals surface area contributed by atoms with Gasteiger partial charge in [-0.15, -0.1) is 0 Å². The molecule has 12 nitrogen and oxygen atoms in total. The summed E-state index contributed by atoms with van der Waals surface area (Å²) in [6.07, 6.45) is 1.28. The first kappa shape index (κ1) is 18.9. The molecule has 152 valence electrons. The number of para-hydroxylation sites is 1. The highest BCUT2D eigenvalue weighted by Crippen LogP contribution is 2.37. The number of anilines is 4. The summed E-state index contributed by atoms with van der Waals surface area (Å²) in [7, 11) is 1.67. The largest absolute Gasteiger partial charge is 0.454 e. The minimum Gasteiger partial charge on any atom is -0.454 e. The Morgan fingerprint density at radius 2 is 1.77 bits per heavy atom. The lowest BCUT2D eigenvalue weighted by Gasteiger charge is -2.08. The van der Waals surface area contributed by atoms with Crippen molar-refractivity contribution in [2.24, 2.45) is 5.10 Å². The van der Waals surface area contributed by atoms with Crippen molar-refractivity contribution < 1.29 is 14.4 Å². The first-order valence-electron chi connectivity index (χ1n) is 8.75. The normalized spacial score (nSPS) is 12.0. The molecule has 1 aliphatic heterocycles. The highest BCUT2D eigenvalue weighted by Gasteiger charge is 2.22. The van der Waals surface area contributed by atoms with Gasteiger partial charge in [0.05, 0.1) is 22.8 Å². The first-order valence-corrected chi connectivity index (χ1v) is 8.75. The zero-order chi connectivity index (χ0) is 20.9. The van der Waals surface area contributed by atoms with E-state index in [1.165, 1.54) is 18.3 Å². The van der Waals surface area contributed by atoms with Crippen molar-refractivity contribution in [2.45, 2.75) is 0 Å². The molecule has 1 aliphatic rings. The third-order valence-electron chi connectivity index (χ3n) is 3.98. The number of nitrogens with zero attached hydrogens (tertiary/aromatic N) is 5. The minimum atomic E-state index is -0.521. The lowest BCUT2D eigenvalue weighted by molar-refractivity contribution is -0.385. The maximum atomic E-state index is 11.3. The Balaban J connectivity index is 1.55. The summed E-state index contributed by atoms with van der Waals surface area (Å²) in [6.45, 7) is 0.0141. The third-order valence-corrected chi connectivity index (χ3v) is 3.98. The Morgan fingerprint density at radius 1 is 1.07 bits per heavy atom. The predicted octanol–water partition coefficient (Wildman–Crippen LogP) is 2.74. The molecular weight excluding hydrogens is 392 g/mol. The highest BCUT2D eigenvalue weighted by molar-refractivity contribution is 5.87. The van der Waals surface area contributed by atoms with E-state index in [0.29, 0.717) is 23.4 Å². The van der Waals surface area contributed by atoms with E-state index in [9.17, 15) is 10.1 Å². The van der Waals surface area contributed by atoms with Gasteiger partial charge in [0.2, 0.25) is 24.6 Å². The zero-order valence-electron chi connectivity index (χ0n) is 15.7. The average molecular weight is 408 g/mol. The SMILES string of the molecule is CNc1nc(N/N=C/c2cc3c(cc2[N+](=O)[O-])OCO3)nc(Nc2ccccc2)n1. The Hall–Kier alpha value is -4.48. The van der Waals surface area contributed by atoms with E-state index in [2.05, 4.69) is 36.1 Å². The summed E-state index contributed by atoms with van der Waals surface area (Å²) >= 11 is 0. The van der Waals surface area contributed by atoms with Crippen molar-refractivity contribution in [2.75, 3.05) is 29.9 Å². The van der Waals surface area contributed by atoms with Crippen LogP contribution in [-0.4, -0.2) is 39.9 Å². The van der Waals surface area contributed by atoms with Crippen LogP contribution in [0, 0.1) is 10.1 Å². The van der Waals surface area contributed by atoms with Crippen molar-refractivity contribution in [3.8, 4) is 11.5 Å². The maximum Gasteiger partial charge on any atom is 0.282 e. The van der Waals surface area contributed by atoms with Crippen LogP contribution in [0.25, 0.3) is 0 Å². The fourth-order valence-electron chi connectivity index (χ4n) is 2.61. The van der Waals surface area contributed by atoms with E-state index < -0.39 is 4.92 Å². The lowest BCUT2D eigenvalue weighted by Crippen LogP contribution is -2.07. The molecule has 12 heteroatoms. The van der Waals surface area contributed by atoms with Gasteiger partial charge in [0, 0.05) is 12.7 Å². The van der Waals surface area contributed by atoms with Crippen LogP contribution >= 0.6 is 0 Å². The fraction of sp³-hybridized carbons (Fsp3) is 0.111. The predicted molar refractivity (Wildman–Crippen MR) is 110 cm³/mol. The third kappa shape index (κ3) is 4.16. The summed E-state index contributed by atoms with van der Waals surface area (Å²) in [4.78, 5) is 23.5. The van der Waals surface area contributed by atoms with E-state index >= 15 is 0 Å². The molecule has 3 aromatic rings. The molecule has 30 heavy (non-hydrogen) atoms. The molecule has 0 bridgehead atoms. The van der Waals surface area contributed by atoms with Gasteiger partial charge in [0.15, 0.2) is 11.5 Å². The summed E-state index contributed by atoms with van der Waals surface area (Å²) < 4.78 is 10.4. The second-order valence-corrected chi connectivity index (χ2v) is 5.94. The van der Waals surface area contributed by atoms with E-state index in [4.69, 9.17) is 9.47 Å². The molecule has 0 radical (unpaired) electrons. The van der Waals surface area contributed by atoms with Crippen LogP contribution in [-0.2, 0) is 0 Å². The molecule has 2 aromatic carbocycles. The molecule has 0 unspecified atom stereocenters. The number of aromatic nitrogens is 3. The van der Waals surface area contributed by atoms with E-state index in [1.54, 1.807) is 7.05 Å². The summed E-state index contributed by atoms with van der Waals surface area (Å²) in [5.74, 6) is 1.49. The molecule has 0 saturated carbocycles. The van der Waals surface area contributed by atoms with E-state index in [0.717, 1.165) is 5.69 Å². The van der Waals surface area contributed by atoms with Crippen molar-refractivity contribution in [3.63, 3.8) is 0 Å². The van der Waals surface area contributed by atoms with Crippen LogP contribution in [0.15, 0.2) is 47.6 Å². The summed E-state index contributed by atoms with van der Waals surface area (Å²) in [5, 5.41) is 21.3. The summed E-state index contributed by atoms with van der Waals surface area (Å²) in [5.41, 5.74) is 3.54. The standard InChI is InChI=1S/C18H16N8O4/c1-19-16-22-17(21-12-5-3-2-4-6-12)24-18(23-16)25-20-9-11-7-14-15(30-10-29-14)8-13(11)26(27)28/h2-9H,10H2,1H3,(H3,19,21,22,23,24,25)/b20-9+. The molecule has 0 fully saturated rings. The molecule has 0 atom stereocenters. The molecule has 1 aromatic heterocycles. The zero-order valence-corrected chi connectivity index (χ0v) is 15.7. The van der Waals surface area contributed by atoms with Crippen LogP contribution < -0.4 is 25.5 Å². The van der Waals surface area contributed by atoms with Gasteiger partial charge in [0.1, 0.15) is 0 Å². The highest BCUT2D eigenvalue weighted by atomic mass is 16.7. The van der Waals surface area contributed by atoms with E-state index in [1.807, 2.05) is 30.3 Å². The van der Waals surface area contributed by atoms with Crippen LogP contribution in [0.2, 0.25) is 0 Å². The maximum absolute atomic E-state index is 11.3. The first-order chi connectivity index (χ1) is 14.6. The van der Waals surface area contributed by atoms with Crippen molar-refractivity contribution in [1.82, 2.24) is 15.0 Å². The smallest absolute Gasteiger partial charge is 0.282 e. The average Bonchev–Trinajstić information content (AvgIpc) is 3.21. The number of nitro benzene ring substituents is 1. The quantitative estimate of drug-likeness (QED) is 0.302. The number of benzene rings is 2. The van der Waals surface area contributed by atoms with Gasteiger partial charge in [-0.3, -0.25) is 10.1 Å². The van der Waals surface area contributed by atoms with Gasteiger partial charge in [-0.05, 0) is 18.2 Å². The minimum absolute atomic E-state index is 0.0141. The van der Waals surface area contributed by atoms with E-state index in [-0.39, 0.29) is 24.0 Å². The number of hydrazone groups is 1. The number of fused-ring (bicyclic) bond motifs is 1. The second-order valence-electron chi connectivity index (χ2n) is 5.94. The van der Waals surface area contributed by atoms with Crippen LogP contribution in [0.3, 0.4) is 0 Å². The Morgan fingerprint density at radius 3 is 2.50 bits per heavy atom. The monoisotopic (exact) mass is 408 g/mol. The van der Waals surface area contributed by atoms with Gasteiger partial charge < -0.3 is 20.1 Å². The Labute approximate surface area is 170 Å². The van der Waals surface area contributed by atoms with Crippen LogP contribution in [0.5, 0.6) is 11.5 Å². The molecule has 4 rings (SSSR count). The molecule has 2 heterocycles.